The summed E-state index contributed by atoms with van der Waals surface area (Å²) in [7, 11) is 0. The maximum absolute atomic E-state index is 13.0. The van der Waals surface area contributed by atoms with E-state index in [-0.39, 0.29) is 18.4 Å². The first-order valence-electron chi connectivity index (χ1n) is 8.33. The minimum Gasteiger partial charge on any atom is -0.357 e. The van der Waals surface area contributed by atoms with Crippen LogP contribution in [0, 0.1) is 11.7 Å². The zero-order valence-corrected chi connectivity index (χ0v) is 14.0. The Balaban J connectivity index is 1.55. The number of nitrogens with zero attached hydrogens (tertiary/aromatic N) is 1. The topological polar surface area (TPSA) is 94.3 Å². The number of rotatable bonds is 3. The van der Waals surface area contributed by atoms with Crippen LogP contribution in [-0.2, 0) is 4.79 Å². The number of carbonyl (C=O) groups is 3. The second-order valence-corrected chi connectivity index (χ2v) is 6.12. The zero-order chi connectivity index (χ0) is 18.5. The molecule has 1 aliphatic rings. The molecule has 8 heteroatoms. The van der Waals surface area contributed by atoms with Gasteiger partial charge in [-0.1, -0.05) is 0 Å². The summed E-state index contributed by atoms with van der Waals surface area (Å²) < 4.78 is 13.0. The van der Waals surface area contributed by atoms with E-state index in [2.05, 4.69) is 15.8 Å². The number of carbonyl (C=O) groups excluding carboxylic acids is 3. The van der Waals surface area contributed by atoms with Crippen molar-refractivity contribution in [1.82, 2.24) is 20.7 Å². The van der Waals surface area contributed by atoms with Gasteiger partial charge in [-0.3, -0.25) is 25.2 Å². The van der Waals surface area contributed by atoms with Crippen molar-refractivity contribution in [3.05, 3.63) is 59.7 Å². The number of benzene rings is 1. The molecule has 0 aliphatic carbocycles. The Labute approximate surface area is 149 Å². The number of halogens is 1. The fourth-order valence-corrected chi connectivity index (χ4v) is 2.91. The van der Waals surface area contributed by atoms with Gasteiger partial charge in [-0.25, -0.2) is 4.39 Å². The molecule has 0 radical (unpaired) electrons. The highest BCUT2D eigenvalue weighted by molar-refractivity contribution is 5.95. The zero-order valence-electron chi connectivity index (χ0n) is 14.0. The first-order valence-corrected chi connectivity index (χ1v) is 8.33. The maximum Gasteiger partial charge on any atom is 0.286 e. The van der Waals surface area contributed by atoms with E-state index in [1.165, 1.54) is 24.3 Å². The van der Waals surface area contributed by atoms with Crippen molar-refractivity contribution >= 4 is 17.7 Å². The molecular formula is C18H19FN4O3. The third-order valence-electron chi connectivity index (χ3n) is 4.31. The average molecular weight is 358 g/mol. The Hall–Kier alpha value is -3.16. The summed E-state index contributed by atoms with van der Waals surface area (Å²) in [6.45, 7) is 0.787. The number of aromatic amines is 1. The molecule has 1 aromatic heterocycles. The number of H-pyrrole nitrogens is 1. The van der Waals surface area contributed by atoms with Gasteiger partial charge in [0.15, 0.2) is 0 Å². The van der Waals surface area contributed by atoms with E-state index in [4.69, 9.17) is 0 Å². The SMILES string of the molecule is O=C(NNC(=O)C1CCCN(C(=O)c2ccc(F)cc2)C1)c1ccc[nH]1. The minimum absolute atomic E-state index is 0.238. The molecule has 0 saturated carbocycles. The van der Waals surface area contributed by atoms with E-state index in [0.717, 1.165) is 0 Å². The standard InChI is InChI=1S/C18H19FN4O3/c19-14-7-5-12(6-8-14)18(26)23-10-2-3-13(11-23)16(24)21-22-17(25)15-4-1-9-20-15/h1,4-9,13,20H,2-3,10-11H2,(H,21,24)(H,22,25). The third kappa shape index (κ3) is 4.08. The van der Waals surface area contributed by atoms with Crippen LogP contribution in [-0.4, -0.2) is 40.7 Å². The van der Waals surface area contributed by atoms with Gasteiger partial charge in [0.25, 0.3) is 11.8 Å². The highest BCUT2D eigenvalue weighted by Gasteiger charge is 2.29. The van der Waals surface area contributed by atoms with Crippen molar-refractivity contribution in [3.8, 4) is 0 Å². The fraction of sp³-hybridized carbons (Fsp3) is 0.278. The smallest absolute Gasteiger partial charge is 0.286 e. The summed E-state index contributed by atoms with van der Waals surface area (Å²) in [6, 6.07) is 8.59. The molecule has 1 unspecified atom stereocenters. The van der Waals surface area contributed by atoms with Gasteiger partial charge in [-0.15, -0.1) is 0 Å². The lowest BCUT2D eigenvalue weighted by Gasteiger charge is -2.32. The van der Waals surface area contributed by atoms with Gasteiger partial charge >= 0.3 is 0 Å². The highest BCUT2D eigenvalue weighted by Crippen LogP contribution is 2.19. The molecule has 1 saturated heterocycles. The Morgan fingerprint density at radius 2 is 1.88 bits per heavy atom. The summed E-state index contributed by atoms with van der Waals surface area (Å²) in [5, 5.41) is 0. The molecule has 1 aromatic carbocycles. The first kappa shape index (κ1) is 17.7. The molecule has 3 N–H and O–H groups in total. The molecule has 1 atom stereocenters. The lowest BCUT2D eigenvalue weighted by Crippen LogP contribution is -2.50. The second kappa shape index (κ2) is 7.81. The van der Waals surface area contributed by atoms with Gasteiger partial charge < -0.3 is 9.88 Å². The number of nitrogens with one attached hydrogen (secondary N) is 3. The molecule has 26 heavy (non-hydrogen) atoms. The van der Waals surface area contributed by atoms with Crippen molar-refractivity contribution in [1.29, 1.82) is 0 Å². The Morgan fingerprint density at radius 3 is 2.58 bits per heavy atom. The summed E-state index contributed by atoms with van der Waals surface area (Å²) >= 11 is 0. The van der Waals surface area contributed by atoms with E-state index in [0.29, 0.717) is 30.6 Å². The van der Waals surface area contributed by atoms with Crippen LogP contribution in [0.1, 0.15) is 33.7 Å². The molecule has 3 rings (SSSR count). The predicted molar refractivity (Wildman–Crippen MR) is 91.4 cm³/mol. The number of aromatic nitrogens is 1. The van der Waals surface area contributed by atoms with Crippen LogP contribution in [0.15, 0.2) is 42.6 Å². The number of amides is 3. The monoisotopic (exact) mass is 358 g/mol. The molecule has 0 spiro atoms. The summed E-state index contributed by atoms with van der Waals surface area (Å²) in [6.07, 6.45) is 2.91. The van der Waals surface area contributed by atoms with Gasteiger partial charge in [-0.05, 0) is 49.2 Å². The molecule has 1 fully saturated rings. The van der Waals surface area contributed by atoms with Gasteiger partial charge in [0.05, 0.1) is 5.92 Å². The lowest BCUT2D eigenvalue weighted by molar-refractivity contribution is -0.127. The first-order chi connectivity index (χ1) is 12.5. The third-order valence-corrected chi connectivity index (χ3v) is 4.31. The predicted octanol–water partition coefficient (Wildman–Crippen LogP) is 1.47. The lowest BCUT2D eigenvalue weighted by atomic mass is 9.96. The van der Waals surface area contributed by atoms with Gasteiger partial charge in [0, 0.05) is 24.8 Å². The van der Waals surface area contributed by atoms with Crippen LogP contribution in [0.4, 0.5) is 4.39 Å². The molecule has 0 bridgehead atoms. The summed E-state index contributed by atoms with van der Waals surface area (Å²) in [5.41, 5.74) is 5.47. The molecule has 1 aliphatic heterocycles. The largest absolute Gasteiger partial charge is 0.357 e. The van der Waals surface area contributed by atoms with E-state index < -0.39 is 17.6 Å². The van der Waals surface area contributed by atoms with Crippen LogP contribution in [0.2, 0.25) is 0 Å². The van der Waals surface area contributed by atoms with Gasteiger partial charge in [-0.2, -0.15) is 0 Å². The van der Waals surface area contributed by atoms with E-state index in [9.17, 15) is 18.8 Å². The van der Waals surface area contributed by atoms with E-state index in [1.807, 2.05) is 0 Å². The number of likely N-dealkylation sites (tertiary alicyclic amines) is 1. The van der Waals surface area contributed by atoms with Crippen molar-refractivity contribution < 1.29 is 18.8 Å². The Kier molecular flexibility index (Phi) is 5.31. The van der Waals surface area contributed by atoms with Crippen molar-refractivity contribution in [2.75, 3.05) is 13.1 Å². The van der Waals surface area contributed by atoms with E-state index in [1.54, 1.807) is 23.2 Å². The number of hydrogen-bond donors (Lipinski definition) is 3. The normalized spacial score (nSPS) is 16.8. The Morgan fingerprint density at radius 1 is 1.12 bits per heavy atom. The van der Waals surface area contributed by atoms with Crippen LogP contribution in [0.3, 0.4) is 0 Å². The number of hydrazine groups is 1. The number of hydrogen-bond acceptors (Lipinski definition) is 3. The van der Waals surface area contributed by atoms with E-state index >= 15 is 0 Å². The van der Waals surface area contributed by atoms with Crippen molar-refractivity contribution in [2.45, 2.75) is 12.8 Å². The number of piperidine rings is 1. The van der Waals surface area contributed by atoms with Crippen LogP contribution < -0.4 is 10.9 Å². The van der Waals surface area contributed by atoms with Gasteiger partial charge in [0.1, 0.15) is 11.5 Å². The Bertz CT molecular complexity index is 789. The quantitative estimate of drug-likeness (QED) is 0.725. The van der Waals surface area contributed by atoms with Crippen LogP contribution in [0.5, 0.6) is 0 Å². The molecule has 3 amide bonds. The van der Waals surface area contributed by atoms with Crippen molar-refractivity contribution in [2.24, 2.45) is 5.92 Å². The summed E-state index contributed by atoms with van der Waals surface area (Å²) in [4.78, 5) is 40.9. The van der Waals surface area contributed by atoms with Crippen LogP contribution >= 0.6 is 0 Å². The molecule has 136 valence electrons. The summed E-state index contributed by atoms with van der Waals surface area (Å²) in [5.74, 6) is -1.86. The molecule has 2 heterocycles. The highest BCUT2D eigenvalue weighted by atomic mass is 19.1. The maximum atomic E-state index is 13.0. The molecular weight excluding hydrogens is 339 g/mol. The molecule has 7 nitrogen and oxygen atoms in total. The molecule has 2 aromatic rings. The minimum atomic E-state index is -0.446. The van der Waals surface area contributed by atoms with Crippen LogP contribution in [0.25, 0.3) is 0 Å². The van der Waals surface area contributed by atoms with Crippen molar-refractivity contribution in [3.63, 3.8) is 0 Å². The van der Waals surface area contributed by atoms with Gasteiger partial charge in [0.2, 0.25) is 5.91 Å². The average Bonchev–Trinajstić information content (AvgIpc) is 3.21. The fourth-order valence-electron chi connectivity index (χ4n) is 2.91. The second-order valence-electron chi connectivity index (χ2n) is 6.12.